The molecule has 5 N–H and O–H groups in total. The van der Waals surface area contributed by atoms with Gasteiger partial charge in [0, 0.05) is 24.2 Å². The molecule has 0 saturated carbocycles. The summed E-state index contributed by atoms with van der Waals surface area (Å²) in [5.74, 6) is -0.560. The molecule has 28 heavy (non-hydrogen) atoms. The number of rotatable bonds is 4. The van der Waals surface area contributed by atoms with Crippen molar-refractivity contribution in [2.24, 2.45) is 5.14 Å². The largest absolute Gasteiger partial charge is 0.378 e. The van der Waals surface area contributed by atoms with Crippen molar-refractivity contribution in [1.29, 1.82) is 0 Å². The van der Waals surface area contributed by atoms with Gasteiger partial charge in [0.15, 0.2) is 5.13 Å². The third-order valence-corrected chi connectivity index (χ3v) is 5.57. The van der Waals surface area contributed by atoms with E-state index in [2.05, 4.69) is 21.2 Å². The number of carbonyl (C=O) groups is 2. The highest BCUT2D eigenvalue weighted by Crippen LogP contribution is 2.21. The maximum Gasteiger partial charge on any atom is 0.337 e. The van der Waals surface area contributed by atoms with Gasteiger partial charge in [0.2, 0.25) is 10.0 Å². The summed E-state index contributed by atoms with van der Waals surface area (Å²) < 4.78 is 27.7. The number of carbonyl (C=O) groups excluding carboxylic acids is 2. The molecule has 0 unspecified atom stereocenters. The van der Waals surface area contributed by atoms with Crippen molar-refractivity contribution in [3.8, 4) is 0 Å². The fraction of sp³-hybridized carbons (Fsp3) is 0.267. The Morgan fingerprint density at radius 2 is 1.82 bits per heavy atom. The molecule has 0 radical (unpaired) electrons. The summed E-state index contributed by atoms with van der Waals surface area (Å²) in [6, 6.07) is 4.55. The summed E-state index contributed by atoms with van der Waals surface area (Å²) in [6.45, 7) is 2.64. The molecule has 13 heteroatoms. The predicted molar refractivity (Wildman–Crippen MR) is 103 cm³/mol. The van der Waals surface area contributed by atoms with Crippen LogP contribution < -0.4 is 26.2 Å². The highest BCUT2D eigenvalue weighted by molar-refractivity contribution is 7.89. The Labute approximate surface area is 164 Å². The van der Waals surface area contributed by atoms with Crippen molar-refractivity contribution in [1.82, 2.24) is 15.8 Å². The van der Waals surface area contributed by atoms with Crippen LogP contribution in [0.2, 0.25) is 0 Å². The summed E-state index contributed by atoms with van der Waals surface area (Å²) in [5, 5.41) is 9.77. The average molecular weight is 426 g/mol. The molecular formula is C15H18N6O5S2. The third-order valence-electron chi connectivity index (χ3n) is 3.74. The number of hydrogen-bond donors (Lipinski definition) is 4. The highest BCUT2D eigenvalue weighted by Gasteiger charge is 2.17. The first kappa shape index (κ1) is 20.0. The molecule has 1 aliphatic heterocycles. The van der Waals surface area contributed by atoms with Gasteiger partial charge < -0.3 is 15.0 Å². The Balaban J connectivity index is 1.50. The number of ether oxygens (including phenoxy) is 1. The number of nitrogens with one attached hydrogen (secondary N) is 3. The molecule has 3 amide bonds. The summed E-state index contributed by atoms with van der Waals surface area (Å²) >= 11 is 1.34. The zero-order valence-corrected chi connectivity index (χ0v) is 16.2. The Kier molecular flexibility index (Phi) is 6.08. The molecular weight excluding hydrogens is 408 g/mol. The molecule has 0 bridgehead atoms. The van der Waals surface area contributed by atoms with Gasteiger partial charge in [0.25, 0.3) is 5.91 Å². The summed E-state index contributed by atoms with van der Waals surface area (Å²) in [7, 11) is -3.81. The number of urea groups is 1. The quantitative estimate of drug-likeness (QED) is 0.505. The second-order valence-corrected chi connectivity index (χ2v) is 8.12. The number of benzene rings is 1. The standard InChI is InChI=1S/C15H18N6O5S2/c16-28(24,25)11-3-1-10(2-4-11)17-14(23)20-19-13(22)12-9-27-15(18-12)21-5-7-26-8-6-21/h1-4,9H,5-8H2,(H,19,22)(H2,16,24,25)(H2,17,20,23). The molecule has 1 aromatic heterocycles. The zero-order valence-electron chi connectivity index (χ0n) is 14.5. The number of anilines is 2. The van der Waals surface area contributed by atoms with Crippen molar-refractivity contribution < 1.29 is 22.7 Å². The Hall–Kier alpha value is -2.74. The van der Waals surface area contributed by atoms with Crippen LogP contribution in [0.3, 0.4) is 0 Å². The van der Waals surface area contributed by atoms with Crippen molar-refractivity contribution >= 4 is 44.1 Å². The molecule has 150 valence electrons. The molecule has 3 rings (SSSR count). The number of morpholine rings is 1. The topological polar surface area (TPSA) is 156 Å². The van der Waals surface area contributed by atoms with E-state index in [1.54, 1.807) is 5.38 Å². The van der Waals surface area contributed by atoms with Crippen molar-refractivity contribution in [3.63, 3.8) is 0 Å². The monoisotopic (exact) mass is 426 g/mol. The smallest absolute Gasteiger partial charge is 0.337 e. The van der Waals surface area contributed by atoms with Crippen LogP contribution in [-0.2, 0) is 14.8 Å². The van der Waals surface area contributed by atoms with E-state index < -0.39 is 22.0 Å². The fourth-order valence-electron chi connectivity index (χ4n) is 2.34. The van der Waals surface area contributed by atoms with Crippen molar-refractivity contribution in [2.45, 2.75) is 4.90 Å². The van der Waals surface area contributed by atoms with Gasteiger partial charge in [-0.2, -0.15) is 0 Å². The van der Waals surface area contributed by atoms with E-state index in [4.69, 9.17) is 9.88 Å². The Bertz CT molecular complexity index is 954. The Morgan fingerprint density at radius 1 is 1.14 bits per heavy atom. The maximum atomic E-state index is 12.1. The first-order chi connectivity index (χ1) is 13.3. The molecule has 1 aromatic carbocycles. The minimum Gasteiger partial charge on any atom is -0.378 e. The number of nitrogens with two attached hydrogens (primary N) is 1. The van der Waals surface area contributed by atoms with Crippen molar-refractivity contribution in [3.05, 3.63) is 35.3 Å². The molecule has 2 heterocycles. The van der Waals surface area contributed by atoms with Crippen LogP contribution in [0.5, 0.6) is 0 Å². The summed E-state index contributed by atoms with van der Waals surface area (Å²) in [5.41, 5.74) is 4.96. The number of sulfonamides is 1. The first-order valence-electron chi connectivity index (χ1n) is 8.11. The van der Waals surface area contributed by atoms with E-state index in [0.717, 1.165) is 0 Å². The number of hydrogen-bond acceptors (Lipinski definition) is 8. The van der Waals surface area contributed by atoms with E-state index in [9.17, 15) is 18.0 Å². The van der Waals surface area contributed by atoms with Gasteiger partial charge in [-0.25, -0.2) is 28.8 Å². The maximum absolute atomic E-state index is 12.1. The summed E-state index contributed by atoms with van der Waals surface area (Å²) in [6.07, 6.45) is 0. The molecule has 0 aliphatic carbocycles. The van der Waals surface area contributed by atoms with Crippen LogP contribution in [0.15, 0.2) is 34.5 Å². The first-order valence-corrected chi connectivity index (χ1v) is 10.5. The molecule has 1 aliphatic rings. The van der Waals surface area contributed by atoms with Gasteiger partial charge in [0.1, 0.15) is 5.69 Å². The number of primary sulfonamides is 1. The number of hydrazine groups is 1. The van der Waals surface area contributed by atoms with Gasteiger partial charge in [-0.05, 0) is 24.3 Å². The fourth-order valence-corrected chi connectivity index (χ4v) is 3.71. The van der Waals surface area contributed by atoms with Gasteiger partial charge in [-0.3, -0.25) is 10.2 Å². The second kappa shape index (κ2) is 8.52. The molecule has 2 aromatic rings. The highest BCUT2D eigenvalue weighted by atomic mass is 32.2. The third kappa shape index (κ3) is 5.16. The van der Waals surface area contributed by atoms with Gasteiger partial charge in [0.05, 0.1) is 18.1 Å². The van der Waals surface area contributed by atoms with Crippen LogP contribution in [0.25, 0.3) is 0 Å². The lowest BCUT2D eigenvalue weighted by atomic mass is 10.3. The SMILES string of the molecule is NS(=O)(=O)c1ccc(NC(=O)NNC(=O)c2csc(N3CCOCC3)n2)cc1. The lowest BCUT2D eigenvalue weighted by Crippen LogP contribution is -2.44. The van der Waals surface area contributed by atoms with Crippen LogP contribution in [0, 0.1) is 0 Å². The van der Waals surface area contributed by atoms with Crippen LogP contribution in [-0.4, -0.2) is 51.6 Å². The number of thiazole rings is 1. The van der Waals surface area contributed by atoms with E-state index in [-0.39, 0.29) is 10.6 Å². The van der Waals surface area contributed by atoms with Crippen LogP contribution in [0.4, 0.5) is 15.6 Å². The molecule has 11 nitrogen and oxygen atoms in total. The van der Waals surface area contributed by atoms with Crippen molar-refractivity contribution in [2.75, 3.05) is 36.5 Å². The van der Waals surface area contributed by atoms with Crippen LogP contribution in [0.1, 0.15) is 10.5 Å². The number of aromatic nitrogens is 1. The van der Waals surface area contributed by atoms with E-state index >= 15 is 0 Å². The van der Waals surface area contributed by atoms with Crippen LogP contribution >= 0.6 is 11.3 Å². The minimum atomic E-state index is -3.81. The Morgan fingerprint density at radius 3 is 2.46 bits per heavy atom. The number of nitrogens with zero attached hydrogens (tertiary/aromatic N) is 2. The second-order valence-electron chi connectivity index (χ2n) is 5.72. The lowest BCUT2D eigenvalue weighted by molar-refractivity contribution is 0.0933. The van der Waals surface area contributed by atoms with Gasteiger partial charge >= 0.3 is 6.03 Å². The van der Waals surface area contributed by atoms with E-state index in [1.807, 2.05) is 4.90 Å². The van der Waals surface area contributed by atoms with Gasteiger partial charge in [-0.15, -0.1) is 11.3 Å². The van der Waals surface area contributed by atoms with E-state index in [0.29, 0.717) is 37.1 Å². The van der Waals surface area contributed by atoms with E-state index in [1.165, 1.54) is 35.6 Å². The van der Waals surface area contributed by atoms with Gasteiger partial charge in [-0.1, -0.05) is 0 Å². The normalized spacial score (nSPS) is 14.4. The summed E-state index contributed by atoms with van der Waals surface area (Å²) in [4.78, 5) is 30.2. The number of amides is 3. The molecule has 0 atom stereocenters. The minimum absolute atomic E-state index is 0.0774. The zero-order chi connectivity index (χ0) is 20.1. The predicted octanol–water partition coefficient (Wildman–Crippen LogP) is 0.0936. The lowest BCUT2D eigenvalue weighted by Gasteiger charge is -2.25. The molecule has 1 saturated heterocycles. The average Bonchev–Trinajstić information content (AvgIpc) is 3.17. The molecule has 0 spiro atoms. The molecule has 1 fully saturated rings.